The fourth-order valence-corrected chi connectivity index (χ4v) is 2.36. The number of hydrogen-bond acceptors (Lipinski definition) is 4. The zero-order valence-corrected chi connectivity index (χ0v) is 12.2. The van der Waals surface area contributed by atoms with Crippen LogP contribution in [0.5, 0.6) is 0 Å². The molecule has 0 saturated carbocycles. The van der Waals surface area contributed by atoms with Crippen LogP contribution in [0.3, 0.4) is 0 Å². The molecule has 0 aliphatic heterocycles. The number of nitrogens with one attached hydrogen (secondary N) is 1. The van der Waals surface area contributed by atoms with Crippen LogP contribution in [0, 0.1) is 0 Å². The molecule has 0 spiro atoms. The van der Waals surface area contributed by atoms with E-state index in [1.807, 2.05) is 61.6 Å². The van der Waals surface area contributed by atoms with Crippen molar-refractivity contribution in [2.45, 2.75) is 6.04 Å². The van der Waals surface area contributed by atoms with Gasteiger partial charge in [-0.25, -0.2) is 0 Å². The van der Waals surface area contributed by atoms with Gasteiger partial charge < -0.3 is 5.32 Å². The molecule has 0 saturated heterocycles. The lowest BCUT2D eigenvalue weighted by Gasteiger charge is -2.16. The van der Waals surface area contributed by atoms with E-state index in [-0.39, 0.29) is 6.04 Å². The van der Waals surface area contributed by atoms with Gasteiger partial charge in [0.1, 0.15) is 0 Å². The first-order valence-electron chi connectivity index (χ1n) is 6.56. The molecule has 106 valence electrons. The topological polar surface area (TPSA) is 55.6 Å². The highest BCUT2D eigenvalue weighted by Gasteiger charge is 2.20. The lowest BCUT2D eigenvalue weighted by Crippen LogP contribution is -2.22. The Hall–Kier alpha value is -2.24. The van der Waals surface area contributed by atoms with Crippen molar-refractivity contribution in [1.82, 2.24) is 25.5 Å². The van der Waals surface area contributed by atoms with Crippen LogP contribution in [0.4, 0.5) is 0 Å². The van der Waals surface area contributed by atoms with Gasteiger partial charge in [-0.2, -0.15) is 4.68 Å². The highest BCUT2D eigenvalue weighted by atomic mass is 35.5. The normalized spacial score (nSPS) is 12.3. The van der Waals surface area contributed by atoms with E-state index in [1.165, 1.54) is 0 Å². The lowest BCUT2D eigenvalue weighted by molar-refractivity contribution is 0.621. The van der Waals surface area contributed by atoms with Gasteiger partial charge in [-0.15, -0.1) is 5.10 Å². The Bertz CT molecular complexity index is 708. The van der Waals surface area contributed by atoms with Crippen molar-refractivity contribution in [2.75, 3.05) is 7.05 Å². The molecule has 5 nitrogen and oxygen atoms in total. The minimum atomic E-state index is -0.0862. The maximum atomic E-state index is 5.93. The quantitative estimate of drug-likeness (QED) is 0.804. The Morgan fingerprint density at radius 1 is 1.05 bits per heavy atom. The van der Waals surface area contributed by atoms with Crippen molar-refractivity contribution in [2.24, 2.45) is 0 Å². The van der Waals surface area contributed by atoms with E-state index in [1.54, 1.807) is 4.68 Å². The molecular weight excluding hydrogens is 286 g/mol. The SMILES string of the molecule is CNC(c1ccccc1)c1nnnn1-c1ccc(Cl)cc1. The number of benzene rings is 2. The summed E-state index contributed by atoms with van der Waals surface area (Å²) in [4.78, 5) is 0. The molecule has 2 aromatic carbocycles. The molecule has 0 aliphatic rings. The summed E-state index contributed by atoms with van der Waals surface area (Å²) >= 11 is 5.93. The lowest BCUT2D eigenvalue weighted by atomic mass is 10.1. The highest BCUT2D eigenvalue weighted by molar-refractivity contribution is 6.30. The Morgan fingerprint density at radius 3 is 2.43 bits per heavy atom. The van der Waals surface area contributed by atoms with Crippen LogP contribution >= 0.6 is 11.6 Å². The van der Waals surface area contributed by atoms with Crippen molar-refractivity contribution in [3.63, 3.8) is 0 Å². The van der Waals surface area contributed by atoms with Gasteiger partial charge in [0.2, 0.25) is 0 Å². The standard InChI is InChI=1S/C15H14ClN5/c1-17-14(11-5-3-2-4-6-11)15-18-19-20-21(15)13-9-7-12(16)8-10-13/h2-10,14,17H,1H3. The van der Waals surface area contributed by atoms with Gasteiger partial charge in [0.05, 0.1) is 11.7 Å². The van der Waals surface area contributed by atoms with Crippen LogP contribution < -0.4 is 5.32 Å². The number of rotatable bonds is 4. The summed E-state index contributed by atoms with van der Waals surface area (Å²) < 4.78 is 1.71. The Kier molecular flexibility index (Phi) is 3.94. The van der Waals surface area contributed by atoms with E-state index in [4.69, 9.17) is 11.6 Å². The Balaban J connectivity index is 2.03. The predicted octanol–water partition coefficient (Wildman–Crippen LogP) is 2.62. The first-order valence-corrected chi connectivity index (χ1v) is 6.94. The number of tetrazole rings is 1. The molecule has 3 rings (SSSR count). The number of halogens is 1. The minimum Gasteiger partial charge on any atom is -0.307 e. The first kappa shape index (κ1) is 13.7. The molecule has 3 aromatic rings. The van der Waals surface area contributed by atoms with Gasteiger partial charge in [-0.3, -0.25) is 0 Å². The summed E-state index contributed by atoms with van der Waals surface area (Å²) in [5.41, 5.74) is 1.97. The number of nitrogens with zero attached hydrogens (tertiary/aromatic N) is 4. The molecule has 0 amide bonds. The third kappa shape index (κ3) is 2.79. The van der Waals surface area contributed by atoms with E-state index in [9.17, 15) is 0 Å². The smallest absolute Gasteiger partial charge is 0.178 e. The molecule has 1 N–H and O–H groups in total. The third-order valence-corrected chi connectivity index (χ3v) is 3.50. The average molecular weight is 300 g/mol. The zero-order chi connectivity index (χ0) is 14.7. The molecule has 1 atom stereocenters. The van der Waals surface area contributed by atoms with Gasteiger partial charge in [-0.05, 0) is 47.3 Å². The second kappa shape index (κ2) is 6.03. The maximum absolute atomic E-state index is 5.93. The van der Waals surface area contributed by atoms with E-state index < -0.39 is 0 Å². The minimum absolute atomic E-state index is 0.0862. The van der Waals surface area contributed by atoms with E-state index in [0.29, 0.717) is 5.02 Å². The summed E-state index contributed by atoms with van der Waals surface area (Å²) in [5.74, 6) is 0.728. The van der Waals surface area contributed by atoms with Crippen molar-refractivity contribution >= 4 is 11.6 Å². The first-order chi connectivity index (χ1) is 10.3. The molecular formula is C15H14ClN5. The van der Waals surface area contributed by atoms with E-state index in [0.717, 1.165) is 17.1 Å². The zero-order valence-electron chi connectivity index (χ0n) is 11.4. The van der Waals surface area contributed by atoms with Crippen molar-refractivity contribution < 1.29 is 0 Å². The molecule has 21 heavy (non-hydrogen) atoms. The van der Waals surface area contributed by atoms with Crippen LogP contribution in [0.15, 0.2) is 54.6 Å². The summed E-state index contributed by atoms with van der Waals surface area (Å²) in [6, 6.07) is 17.4. The summed E-state index contributed by atoms with van der Waals surface area (Å²) in [6.07, 6.45) is 0. The highest BCUT2D eigenvalue weighted by Crippen LogP contribution is 2.22. The molecule has 1 aromatic heterocycles. The van der Waals surface area contributed by atoms with Gasteiger partial charge >= 0.3 is 0 Å². The van der Waals surface area contributed by atoms with Crippen LogP contribution in [0.1, 0.15) is 17.4 Å². The predicted molar refractivity (Wildman–Crippen MR) is 81.5 cm³/mol. The number of aromatic nitrogens is 4. The summed E-state index contributed by atoms with van der Waals surface area (Å²) in [5, 5.41) is 16.0. The molecule has 6 heteroatoms. The van der Waals surface area contributed by atoms with Gasteiger partial charge in [0, 0.05) is 5.02 Å². The van der Waals surface area contributed by atoms with Crippen molar-refractivity contribution in [3.8, 4) is 5.69 Å². The van der Waals surface area contributed by atoms with Crippen LogP contribution in [0.25, 0.3) is 5.69 Å². The Morgan fingerprint density at radius 2 is 1.76 bits per heavy atom. The van der Waals surface area contributed by atoms with E-state index >= 15 is 0 Å². The van der Waals surface area contributed by atoms with Crippen molar-refractivity contribution in [3.05, 3.63) is 71.0 Å². The molecule has 1 heterocycles. The second-order valence-electron chi connectivity index (χ2n) is 4.56. The largest absolute Gasteiger partial charge is 0.307 e. The summed E-state index contributed by atoms with van der Waals surface area (Å²) in [7, 11) is 1.89. The fourth-order valence-electron chi connectivity index (χ4n) is 2.23. The Labute approximate surface area is 127 Å². The van der Waals surface area contributed by atoms with Gasteiger partial charge in [-0.1, -0.05) is 41.9 Å². The molecule has 0 bridgehead atoms. The van der Waals surface area contributed by atoms with Crippen LogP contribution in [-0.2, 0) is 0 Å². The van der Waals surface area contributed by atoms with Gasteiger partial charge in [0.15, 0.2) is 5.82 Å². The molecule has 0 radical (unpaired) electrons. The fraction of sp³-hybridized carbons (Fsp3) is 0.133. The molecule has 0 fully saturated rings. The third-order valence-electron chi connectivity index (χ3n) is 3.24. The monoisotopic (exact) mass is 299 g/mol. The average Bonchev–Trinajstić information content (AvgIpc) is 2.99. The summed E-state index contributed by atoms with van der Waals surface area (Å²) in [6.45, 7) is 0. The molecule has 1 unspecified atom stereocenters. The molecule has 0 aliphatic carbocycles. The van der Waals surface area contributed by atoms with E-state index in [2.05, 4.69) is 20.8 Å². The number of hydrogen-bond donors (Lipinski definition) is 1. The maximum Gasteiger partial charge on any atom is 0.178 e. The van der Waals surface area contributed by atoms with Crippen LogP contribution in [0.2, 0.25) is 5.02 Å². The van der Waals surface area contributed by atoms with Gasteiger partial charge in [0.25, 0.3) is 0 Å². The second-order valence-corrected chi connectivity index (χ2v) is 4.99. The van der Waals surface area contributed by atoms with Crippen LogP contribution in [-0.4, -0.2) is 27.3 Å². The van der Waals surface area contributed by atoms with Crippen molar-refractivity contribution in [1.29, 1.82) is 0 Å².